The number of anilines is 1. The fourth-order valence-electron chi connectivity index (χ4n) is 6.97. The molecule has 0 aromatic heterocycles. The summed E-state index contributed by atoms with van der Waals surface area (Å²) in [5, 5.41) is 3.57. The van der Waals surface area contributed by atoms with E-state index in [0.717, 1.165) is 49.7 Å². The maximum absolute atomic E-state index is 13.2. The Morgan fingerprint density at radius 1 is 1.07 bits per heavy atom. The fraction of sp³-hybridized carbons (Fsp3) is 0.708. The van der Waals surface area contributed by atoms with Gasteiger partial charge in [-0.3, -0.25) is 9.69 Å². The number of piperazine rings is 1. The van der Waals surface area contributed by atoms with Crippen molar-refractivity contribution < 1.29 is 9.53 Å². The maximum Gasteiger partial charge on any atom is 0.237 e. The normalized spacial score (nSPS) is 34.8. The monoisotopic (exact) mass is 397 g/mol. The van der Waals surface area contributed by atoms with Gasteiger partial charge in [-0.05, 0) is 75.3 Å². The zero-order valence-corrected chi connectivity index (χ0v) is 17.9. The summed E-state index contributed by atoms with van der Waals surface area (Å²) >= 11 is 0. The van der Waals surface area contributed by atoms with Crippen LogP contribution in [0.4, 0.5) is 5.69 Å². The number of amides is 1. The molecule has 158 valence electrons. The molecule has 1 N–H and O–H groups in total. The Morgan fingerprint density at radius 3 is 2.28 bits per heavy atom. The minimum absolute atomic E-state index is 0.0459. The van der Waals surface area contributed by atoms with Crippen LogP contribution in [0.1, 0.15) is 45.4 Å². The van der Waals surface area contributed by atoms with Crippen molar-refractivity contribution in [3.63, 3.8) is 0 Å². The second-order valence-electron chi connectivity index (χ2n) is 10.1. The van der Waals surface area contributed by atoms with Crippen LogP contribution in [0, 0.1) is 17.8 Å². The Hall–Kier alpha value is -1.75. The molecule has 5 aliphatic rings. The Labute approximate surface area is 174 Å². The molecule has 1 amide bonds. The standard InChI is InChI=1S/C24H35N3O2/c1-17(23(28)25-24-14-18-10-19(15-24)12-20(11-18)16-24)26-6-8-27(9-7-26)21-4-3-5-22(13-21)29-2/h3-5,13,17-20H,6-12,14-16H2,1-2H3,(H,25,28)/t17-,18?,19?,20?,24?/m0/s1. The van der Waals surface area contributed by atoms with E-state index in [0.29, 0.717) is 0 Å². The van der Waals surface area contributed by atoms with Crippen LogP contribution in [0.3, 0.4) is 0 Å². The second kappa shape index (κ2) is 7.50. The third-order valence-corrected chi connectivity index (χ3v) is 8.09. The van der Waals surface area contributed by atoms with Gasteiger partial charge in [-0.25, -0.2) is 0 Å². The van der Waals surface area contributed by atoms with E-state index in [9.17, 15) is 4.79 Å². The molecule has 1 aromatic rings. The van der Waals surface area contributed by atoms with E-state index in [1.54, 1.807) is 7.11 Å². The maximum atomic E-state index is 13.2. The van der Waals surface area contributed by atoms with Crippen molar-refractivity contribution in [2.75, 3.05) is 38.2 Å². The summed E-state index contributed by atoms with van der Waals surface area (Å²) in [5.41, 5.74) is 1.32. The van der Waals surface area contributed by atoms with Gasteiger partial charge in [-0.1, -0.05) is 6.07 Å². The Kier molecular flexibility index (Phi) is 4.97. The molecule has 29 heavy (non-hydrogen) atoms. The highest BCUT2D eigenvalue weighted by molar-refractivity contribution is 5.82. The minimum Gasteiger partial charge on any atom is -0.497 e. The van der Waals surface area contributed by atoms with Gasteiger partial charge in [-0.2, -0.15) is 0 Å². The number of carbonyl (C=O) groups excluding carboxylic acids is 1. The van der Waals surface area contributed by atoms with Crippen LogP contribution >= 0.6 is 0 Å². The van der Waals surface area contributed by atoms with E-state index >= 15 is 0 Å². The van der Waals surface area contributed by atoms with Crippen molar-refractivity contribution in [2.45, 2.75) is 57.0 Å². The molecule has 0 spiro atoms. The lowest BCUT2D eigenvalue weighted by molar-refractivity contribution is -0.131. The number of benzene rings is 1. The van der Waals surface area contributed by atoms with Gasteiger partial charge in [-0.15, -0.1) is 0 Å². The molecule has 5 fully saturated rings. The summed E-state index contributed by atoms with van der Waals surface area (Å²) in [6.07, 6.45) is 7.91. The number of hydrogen-bond acceptors (Lipinski definition) is 4. The quantitative estimate of drug-likeness (QED) is 0.828. The second-order valence-corrected chi connectivity index (χ2v) is 10.1. The number of nitrogens with one attached hydrogen (secondary N) is 1. The molecule has 4 saturated carbocycles. The van der Waals surface area contributed by atoms with Crippen LogP contribution in [-0.2, 0) is 4.79 Å². The zero-order valence-electron chi connectivity index (χ0n) is 17.9. The molecule has 5 heteroatoms. The predicted octanol–water partition coefficient (Wildman–Crippen LogP) is 3.29. The lowest BCUT2D eigenvalue weighted by atomic mass is 9.53. The third kappa shape index (κ3) is 3.74. The molecule has 0 unspecified atom stereocenters. The molecule has 5 nitrogen and oxygen atoms in total. The largest absolute Gasteiger partial charge is 0.497 e. The summed E-state index contributed by atoms with van der Waals surface area (Å²) in [5.74, 6) is 3.74. The molecule has 4 aliphatic carbocycles. The number of ether oxygens (including phenoxy) is 1. The Bertz CT molecular complexity index is 721. The Balaban J connectivity index is 1.17. The number of hydrogen-bond donors (Lipinski definition) is 1. The van der Waals surface area contributed by atoms with Gasteiger partial charge < -0.3 is 15.0 Å². The summed E-state index contributed by atoms with van der Waals surface area (Å²) in [6, 6.07) is 8.22. The summed E-state index contributed by atoms with van der Waals surface area (Å²) < 4.78 is 5.36. The summed E-state index contributed by atoms with van der Waals surface area (Å²) in [7, 11) is 1.71. The molecule has 1 aromatic carbocycles. The molecule has 1 heterocycles. The van der Waals surface area contributed by atoms with Crippen molar-refractivity contribution in [2.24, 2.45) is 17.8 Å². The fourth-order valence-corrected chi connectivity index (χ4v) is 6.97. The van der Waals surface area contributed by atoms with Crippen LogP contribution < -0.4 is 15.0 Å². The van der Waals surface area contributed by atoms with Gasteiger partial charge in [0.2, 0.25) is 5.91 Å². The lowest BCUT2D eigenvalue weighted by Gasteiger charge is -2.57. The van der Waals surface area contributed by atoms with Crippen molar-refractivity contribution in [1.82, 2.24) is 10.2 Å². The van der Waals surface area contributed by atoms with Crippen LogP contribution in [0.5, 0.6) is 5.75 Å². The number of methoxy groups -OCH3 is 1. The first-order chi connectivity index (χ1) is 14.0. The SMILES string of the molecule is COc1cccc(N2CCN([C@@H](C)C(=O)NC34CC5CC(CC(C5)C3)C4)CC2)c1. The van der Waals surface area contributed by atoms with Crippen molar-refractivity contribution in [3.05, 3.63) is 24.3 Å². The van der Waals surface area contributed by atoms with Gasteiger partial charge >= 0.3 is 0 Å². The average Bonchev–Trinajstić information content (AvgIpc) is 2.72. The van der Waals surface area contributed by atoms with Gasteiger partial charge in [0, 0.05) is 43.5 Å². The number of carbonyl (C=O) groups is 1. The van der Waals surface area contributed by atoms with E-state index < -0.39 is 0 Å². The highest BCUT2D eigenvalue weighted by Gasteiger charge is 2.51. The van der Waals surface area contributed by atoms with E-state index in [4.69, 9.17) is 4.74 Å². The number of nitrogens with zero attached hydrogens (tertiary/aromatic N) is 2. The summed E-state index contributed by atoms with van der Waals surface area (Å²) in [4.78, 5) is 17.9. The third-order valence-electron chi connectivity index (χ3n) is 8.09. The predicted molar refractivity (Wildman–Crippen MR) is 115 cm³/mol. The van der Waals surface area contributed by atoms with Gasteiger partial charge in [0.05, 0.1) is 13.2 Å². The van der Waals surface area contributed by atoms with Crippen LogP contribution in [0.2, 0.25) is 0 Å². The van der Waals surface area contributed by atoms with Gasteiger partial charge in [0.25, 0.3) is 0 Å². The van der Waals surface area contributed by atoms with E-state index in [-0.39, 0.29) is 17.5 Å². The van der Waals surface area contributed by atoms with Crippen LogP contribution in [0.25, 0.3) is 0 Å². The zero-order chi connectivity index (χ0) is 20.0. The first kappa shape index (κ1) is 19.2. The van der Waals surface area contributed by atoms with E-state index in [1.807, 2.05) is 12.1 Å². The highest BCUT2D eigenvalue weighted by atomic mass is 16.5. The first-order valence-electron chi connectivity index (χ1n) is 11.5. The highest BCUT2D eigenvalue weighted by Crippen LogP contribution is 2.55. The first-order valence-corrected chi connectivity index (χ1v) is 11.5. The topological polar surface area (TPSA) is 44.8 Å². The molecule has 1 atom stereocenters. The van der Waals surface area contributed by atoms with Crippen LogP contribution in [0.15, 0.2) is 24.3 Å². The molecule has 1 saturated heterocycles. The van der Waals surface area contributed by atoms with E-state index in [2.05, 4.69) is 34.2 Å². The lowest BCUT2D eigenvalue weighted by Crippen LogP contribution is -2.63. The Morgan fingerprint density at radius 2 is 1.69 bits per heavy atom. The van der Waals surface area contributed by atoms with Crippen LogP contribution in [-0.4, -0.2) is 55.7 Å². The number of rotatable bonds is 5. The van der Waals surface area contributed by atoms with Gasteiger partial charge in [0.1, 0.15) is 5.75 Å². The minimum atomic E-state index is -0.0459. The van der Waals surface area contributed by atoms with Crippen molar-refractivity contribution in [3.8, 4) is 5.75 Å². The molecular weight excluding hydrogens is 362 g/mol. The average molecular weight is 398 g/mol. The molecule has 6 rings (SSSR count). The smallest absolute Gasteiger partial charge is 0.237 e. The van der Waals surface area contributed by atoms with E-state index in [1.165, 1.54) is 44.2 Å². The van der Waals surface area contributed by atoms with Gasteiger partial charge in [0.15, 0.2) is 0 Å². The molecule has 1 aliphatic heterocycles. The summed E-state index contributed by atoms with van der Waals surface area (Å²) in [6.45, 7) is 5.83. The van der Waals surface area contributed by atoms with Crippen molar-refractivity contribution in [1.29, 1.82) is 0 Å². The van der Waals surface area contributed by atoms with Crippen molar-refractivity contribution >= 4 is 11.6 Å². The molecule has 0 radical (unpaired) electrons. The molecular formula is C24H35N3O2. The molecule has 4 bridgehead atoms.